The summed E-state index contributed by atoms with van der Waals surface area (Å²) in [5.41, 5.74) is 0. The predicted octanol–water partition coefficient (Wildman–Crippen LogP) is 1.33. The van der Waals surface area contributed by atoms with Crippen LogP contribution in [0.1, 0.15) is 19.8 Å². The molecule has 2 radical (unpaired) electrons. The Bertz CT molecular complexity index is 124. The molecule has 0 saturated carbocycles. The number of hydrogen-bond donors (Lipinski definition) is 3. The largest absolute Gasteiger partial charge is 0.383 e. The van der Waals surface area contributed by atoms with Gasteiger partial charge in [-0.25, -0.2) is 0 Å². The van der Waals surface area contributed by atoms with Gasteiger partial charge in [0.25, 0.3) is 0 Å². The van der Waals surface area contributed by atoms with Gasteiger partial charge in [-0.1, -0.05) is 6.92 Å². The van der Waals surface area contributed by atoms with E-state index in [0.29, 0.717) is 12.0 Å². The van der Waals surface area contributed by atoms with Crippen molar-refractivity contribution in [3.8, 4) is 0 Å². The van der Waals surface area contributed by atoms with E-state index in [1.54, 1.807) is 0 Å². The molecule has 2 N–H and O–H groups in total. The first kappa shape index (κ1) is 10.4. The summed E-state index contributed by atoms with van der Waals surface area (Å²) in [7, 11) is 0. The summed E-state index contributed by atoms with van der Waals surface area (Å²) in [4.78, 5) is 0. The number of nitrogens with one attached hydrogen (secondary N) is 1. The molecule has 0 aromatic rings. The Morgan fingerprint density at radius 1 is 1.67 bits per heavy atom. The summed E-state index contributed by atoms with van der Waals surface area (Å²) < 4.78 is 0. The van der Waals surface area contributed by atoms with Gasteiger partial charge in [-0.3, -0.25) is 0 Å². The van der Waals surface area contributed by atoms with Gasteiger partial charge in [0.1, 0.15) is 6.61 Å². The third-order valence-electron chi connectivity index (χ3n) is 2.62. The molecule has 3 heteroatoms. The van der Waals surface area contributed by atoms with Crippen LogP contribution in [0, 0.1) is 18.4 Å². The summed E-state index contributed by atoms with van der Waals surface area (Å²) in [5, 5.41) is 12.1. The maximum atomic E-state index is 8.71. The highest BCUT2D eigenvalue weighted by Crippen LogP contribution is 2.20. The van der Waals surface area contributed by atoms with Crippen LogP contribution in [0.4, 0.5) is 0 Å². The Kier molecular flexibility index (Phi) is 4.40. The molecule has 1 heterocycles. The van der Waals surface area contributed by atoms with Crippen molar-refractivity contribution in [1.82, 2.24) is 5.32 Å². The third-order valence-corrected chi connectivity index (χ3v) is 3.14. The highest BCUT2D eigenvalue weighted by Gasteiger charge is 2.23. The van der Waals surface area contributed by atoms with E-state index in [0.717, 1.165) is 18.7 Å². The van der Waals surface area contributed by atoms with E-state index in [-0.39, 0.29) is 5.92 Å². The number of piperidine rings is 1. The highest BCUT2D eigenvalue weighted by atomic mass is 32.1. The monoisotopic (exact) mass is 187 g/mol. The fraction of sp³-hybridized carbons (Fsp3) is 0.889. The summed E-state index contributed by atoms with van der Waals surface area (Å²) >= 11 is 4.26. The van der Waals surface area contributed by atoms with Gasteiger partial charge in [-0.2, -0.15) is 12.6 Å². The van der Waals surface area contributed by atoms with Gasteiger partial charge in [-0.15, -0.1) is 0 Å². The molecule has 0 aliphatic carbocycles. The van der Waals surface area contributed by atoms with Crippen LogP contribution < -0.4 is 5.32 Å². The fourth-order valence-electron chi connectivity index (χ4n) is 1.61. The first-order valence-corrected chi connectivity index (χ1v) is 5.15. The van der Waals surface area contributed by atoms with Crippen LogP contribution in [0.2, 0.25) is 0 Å². The van der Waals surface area contributed by atoms with E-state index in [4.69, 9.17) is 5.11 Å². The van der Waals surface area contributed by atoms with Crippen molar-refractivity contribution in [2.75, 3.05) is 12.3 Å². The van der Waals surface area contributed by atoms with Gasteiger partial charge in [0.15, 0.2) is 0 Å². The Hall–Kier alpha value is 0.270. The second-order valence-electron chi connectivity index (χ2n) is 3.56. The Morgan fingerprint density at radius 3 is 2.83 bits per heavy atom. The maximum Gasteiger partial charge on any atom is 0.132 e. The van der Waals surface area contributed by atoms with E-state index in [1.807, 2.05) is 6.92 Å². The van der Waals surface area contributed by atoms with Gasteiger partial charge < -0.3 is 10.4 Å². The minimum absolute atomic E-state index is 0.144. The minimum atomic E-state index is 0.144. The average Bonchev–Trinajstić information content (AvgIpc) is 2.17. The van der Waals surface area contributed by atoms with Crippen LogP contribution in [0.25, 0.3) is 0 Å². The topological polar surface area (TPSA) is 32.3 Å². The number of hydrogen-bond acceptors (Lipinski definition) is 3. The van der Waals surface area contributed by atoms with Crippen molar-refractivity contribution in [2.24, 2.45) is 11.8 Å². The fourth-order valence-corrected chi connectivity index (χ4v) is 1.92. The molecule has 3 atom stereocenters. The first-order valence-electron chi connectivity index (χ1n) is 4.51. The molecule has 12 heavy (non-hydrogen) atoms. The van der Waals surface area contributed by atoms with Crippen LogP contribution in [0.5, 0.6) is 0 Å². The van der Waals surface area contributed by atoms with Gasteiger partial charge in [0.05, 0.1) is 0 Å². The van der Waals surface area contributed by atoms with Crippen molar-refractivity contribution in [1.29, 1.82) is 0 Å². The van der Waals surface area contributed by atoms with Crippen molar-refractivity contribution in [2.45, 2.75) is 25.8 Å². The molecule has 0 bridgehead atoms. The van der Waals surface area contributed by atoms with Crippen molar-refractivity contribution < 1.29 is 5.11 Å². The molecule has 1 aliphatic heterocycles. The summed E-state index contributed by atoms with van der Waals surface area (Å²) in [6, 6.07) is 0.408. The summed E-state index contributed by atoms with van der Waals surface area (Å²) in [6.07, 6.45) is 2.34. The van der Waals surface area contributed by atoms with Crippen LogP contribution >= 0.6 is 12.6 Å². The van der Waals surface area contributed by atoms with E-state index in [9.17, 15) is 0 Å². The van der Waals surface area contributed by atoms with Gasteiger partial charge in [0, 0.05) is 12.0 Å². The maximum absolute atomic E-state index is 8.71. The molecule has 0 aromatic carbocycles. The SMILES string of the molecule is CC([C]O)C1CCC(CS)CN1. The number of aliphatic hydroxyl groups is 1. The van der Waals surface area contributed by atoms with Crippen molar-refractivity contribution >= 4 is 12.6 Å². The van der Waals surface area contributed by atoms with E-state index < -0.39 is 0 Å². The molecule has 3 unspecified atom stereocenters. The lowest BCUT2D eigenvalue weighted by molar-refractivity contribution is 0.229. The number of thiol groups is 1. The standard InChI is InChI=1S/C9H17NOS/c1-7(5-11)9-3-2-8(6-12)4-10-9/h7-12H,2-4,6H2,1H3. The lowest BCUT2D eigenvalue weighted by Gasteiger charge is -2.31. The number of rotatable bonds is 3. The third kappa shape index (κ3) is 2.64. The molecule has 0 amide bonds. The van der Waals surface area contributed by atoms with Gasteiger partial charge in [-0.05, 0) is 31.1 Å². The first-order chi connectivity index (χ1) is 5.77. The van der Waals surface area contributed by atoms with Crippen LogP contribution in [0.15, 0.2) is 0 Å². The second-order valence-corrected chi connectivity index (χ2v) is 3.92. The van der Waals surface area contributed by atoms with Crippen molar-refractivity contribution in [3.05, 3.63) is 6.61 Å². The molecular formula is C9H17NOS. The molecule has 70 valence electrons. The van der Waals surface area contributed by atoms with Crippen LogP contribution in [0.3, 0.4) is 0 Å². The van der Waals surface area contributed by atoms with E-state index in [1.165, 1.54) is 6.42 Å². The Balaban J connectivity index is 2.25. The summed E-state index contributed by atoms with van der Waals surface area (Å²) in [5.74, 6) is 1.81. The zero-order valence-corrected chi connectivity index (χ0v) is 8.35. The molecule has 0 aromatic heterocycles. The number of aliphatic hydroxyl groups excluding tert-OH is 1. The molecule has 1 saturated heterocycles. The minimum Gasteiger partial charge on any atom is -0.383 e. The van der Waals surface area contributed by atoms with Crippen molar-refractivity contribution in [3.63, 3.8) is 0 Å². The second kappa shape index (κ2) is 5.10. The molecule has 1 aliphatic rings. The predicted molar refractivity (Wildman–Crippen MR) is 52.7 cm³/mol. The quantitative estimate of drug-likeness (QED) is 0.582. The lowest BCUT2D eigenvalue weighted by Crippen LogP contribution is -2.43. The zero-order valence-electron chi connectivity index (χ0n) is 7.45. The van der Waals surface area contributed by atoms with Gasteiger partial charge >= 0.3 is 0 Å². The molecule has 0 spiro atoms. The van der Waals surface area contributed by atoms with Crippen LogP contribution in [-0.4, -0.2) is 23.4 Å². The molecule has 1 rings (SSSR count). The van der Waals surface area contributed by atoms with E-state index >= 15 is 0 Å². The van der Waals surface area contributed by atoms with Crippen LogP contribution in [-0.2, 0) is 0 Å². The van der Waals surface area contributed by atoms with Gasteiger partial charge in [0.2, 0.25) is 0 Å². The summed E-state index contributed by atoms with van der Waals surface area (Å²) in [6.45, 7) is 5.30. The molecular weight excluding hydrogens is 170 g/mol. The Labute approximate surface area is 80.2 Å². The lowest BCUT2D eigenvalue weighted by atomic mass is 9.89. The normalized spacial score (nSPS) is 33.2. The average molecular weight is 187 g/mol. The van der Waals surface area contributed by atoms with E-state index in [2.05, 4.69) is 24.6 Å². The smallest absolute Gasteiger partial charge is 0.132 e. The highest BCUT2D eigenvalue weighted by molar-refractivity contribution is 7.80. The molecule has 2 nitrogen and oxygen atoms in total. The Morgan fingerprint density at radius 2 is 2.42 bits per heavy atom. The zero-order chi connectivity index (χ0) is 8.97. The molecule has 1 fully saturated rings.